The molecule has 2 aromatic carbocycles. The number of hydrogen-bond acceptors (Lipinski definition) is 7. The topological polar surface area (TPSA) is 104 Å². The number of amides is 1. The fourth-order valence-corrected chi connectivity index (χ4v) is 3.20. The zero-order valence-electron chi connectivity index (χ0n) is 15.9. The van der Waals surface area contributed by atoms with E-state index in [-0.39, 0.29) is 19.1 Å². The Morgan fingerprint density at radius 2 is 2.17 bits per heavy atom. The second kappa shape index (κ2) is 10.4. The van der Waals surface area contributed by atoms with E-state index in [2.05, 4.69) is 54.4 Å². The number of terminal acetylenes is 1. The number of carbonyl (C=O) groups excluding carboxylic acids is 1. The number of hydrazone groups is 1. The van der Waals surface area contributed by atoms with E-state index in [1.54, 1.807) is 6.07 Å². The second-order valence-corrected chi connectivity index (χ2v) is 6.99. The molecule has 3 aromatic rings. The smallest absolute Gasteiger partial charge is 0.263 e. The van der Waals surface area contributed by atoms with Gasteiger partial charge in [-0.2, -0.15) is 9.90 Å². The molecule has 0 atom stereocenters. The molecule has 0 aliphatic heterocycles. The summed E-state index contributed by atoms with van der Waals surface area (Å²) in [7, 11) is 1.53. The van der Waals surface area contributed by atoms with Crippen molar-refractivity contribution in [2.45, 2.75) is 6.54 Å². The first-order chi connectivity index (χ1) is 14.6. The number of benzene rings is 2. The molecule has 1 aromatic heterocycles. The van der Waals surface area contributed by atoms with Crippen molar-refractivity contribution in [3.63, 3.8) is 0 Å². The second-order valence-electron chi connectivity index (χ2n) is 5.83. The molecule has 0 bridgehead atoms. The van der Waals surface area contributed by atoms with Crippen LogP contribution in [-0.4, -0.2) is 46.0 Å². The van der Waals surface area contributed by atoms with Crippen molar-refractivity contribution in [2.75, 3.05) is 13.7 Å². The van der Waals surface area contributed by atoms with Gasteiger partial charge in [-0.1, -0.05) is 36.3 Å². The number of tetrazole rings is 1. The molecular formula is C20H17IN6O3. The number of nitrogens with zero attached hydrogens (tertiary/aromatic N) is 5. The summed E-state index contributed by atoms with van der Waals surface area (Å²) in [5.41, 5.74) is 3.97. The van der Waals surface area contributed by atoms with Crippen LogP contribution >= 0.6 is 22.6 Å². The highest BCUT2D eigenvalue weighted by Gasteiger charge is 2.11. The molecule has 9 nitrogen and oxygen atoms in total. The lowest BCUT2D eigenvalue weighted by atomic mass is 10.2. The maximum absolute atomic E-state index is 12.1. The lowest BCUT2D eigenvalue weighted by Gasteiger charge is -2.11. The van der Waals surface area contributed by atoms with Crippen molar-refractivity contribution in [2.24, 2.45) is 5.10 Å². The van der Waals surface area contributed by atoms with Gasteiger partial charge in [0.2, 0.25) is 5.82 Å². The zero-order valence-corrected chi connectivity index (χ0v) is 18.1. The van der Waals surface area contributed by atoms with E-state index in [0.29, 0.717) is 17.3 Å². The van der Waals surface area contributed by atoms with Crippen LogP contribution in [0.2, 0.25) is 0 Å². The Kier molecular flexibility index (Phi) is 7.34. The Bertz CT molecular complexity index is 1090. The molecule has 0 fully saturated rings. The van der Waals surface area contributed by atoms with Crippen LogP contribution in [-0.2, 0) is 11.3 Å². The van der Waals surface area contributed by atoms with Crippen LogP contribution in [0.5, 0.6) is 11.5 Å². The van der Waals surface area contributed by atoms with Crippen molar-refractivity contribution in [3.8, 4) is 35.2 Å². The Labute approximate surface area is 186 Å². The lowest BCUT2D eigenvalue weighted by Crippen LogP contribution is -2.24. The number of ether oxygens (including phenoxy) is 2. The summed E-state index contributed by atoms with van der Waals surface area (Å²) in [6.07, 6.45) is 6.73. The van der Waals surface area contributed by atoms with Crippen molar-refractivity contribution in [3.05, 3.63) is 51.6 Å². The van der Waals surface area contributed by atoms with Crippen molar-refractivity contribution in [1.29, 1.82) is 0 Å². The highest BCUT2D eigenvalue weighted by atomic mass is 127. The van der Waals surface area contributed by atoms with Crippen LogP contribution in [0.3, 0.4) is 0 Å². The van der Waals surface area contributed by atoms with E-state index in [4.69, 9.17) is 15.9 Å². The van der Waals surface area contributed by atoms with Gasteiger partial charge < -0.3 is 9.47 Å². The van der Waals surface area contributed by atoms with E-state index in [9.17, 15) is 4.79 Å². The number of methoxy groups -OCH3 is 1. The predicted octanol–water partition coefficient (Wildman–Crippen LogP) is 2.12. The van der Waals surface area contributed by atoms with Crippen LogP contribution in [0.25, 0.3) is 11.4 Å². The minimum atomic E-state index is -0.390. The maximum atomic E-state index is 12.1. The minimum Gasteiger partial charge on any atom is -0.493 e. The van der Waals surface area contributed by atoms with Crippen LogP contribution < -0.4 is 14.9 Å². The van der Waals surface area contributed by atoms with Crippen molar-refractivity contribution >= 4 is 34.7 Å². The van der Waals surface area contributed by atoms with Gasteiger partial charge in [0, 0.05) is 5.56 Å². The van der Waals surface area contributed by atoms with Gasteiger partial charge in [0.15, 0.2) is 11.5 Å². The van der Waals surface area contributed by atoms with Gasteiger partial charge in [0.1, 0.15) is 13.2 Å². The standard InChI is InChI=1S/C20H17IN6O3/c1-3-9-30-19-16(21)10-14(11-17(19)29-2)12-22-23-18(28)13-27-25-20(24-26-27)15-7-5-4-6-8-15/h1,4-8,10-12H,9,13H2,2H3,(H,23,28). The maximum Gasteiger partial charge on any atom is 0.263 e. The van der Waals surface area contributed by atoms with Gasteiger partial charge in [-0.05, 0) is 45.5 Å². The summed E-state index contributed by atoms with van der Waals surface area (Å²) in [5, 5.41) is 16.0. The molecule has 0 radical (unpaired) electrons. The third kappa shape index (κ3) is 5.54. The molecule has 0 saturated heterocycles. The fourth-order valence-electron chi connectivity index (χ4n) is 2.42. The third-order valence-electron chi connectivity index (χ3n) is 3.72. The van der Waals surface area contributed by atoms with Crippen LogP contribution in [0, 0.1) is 15.9 Å². The van der Waals surface area contributed by atoms with Crippen LogP contribution in [0.1, 0.15) is 5.56 Å². The minimum absolute atomic E-state index is 0.114. The van der Waals surface area contributed by atoms with E-state index < -0.39 is 0 Å². The highest BCUT2D eigenvalue weighted by Crippen LogP contribution is 2.33. The molecule has 10 heteroatoms. The number of nitrogens with one attached hydrogen (secondary N) is 1. The molecule has 0 unspecified atom stereocenters. The first kappa shape index (κ1) is 21.3. The number of halogens is 1. The molecule has 152 valence electrons. The van der Waals surface area contributed by atoms with Crippen molar-refractivity contribution < 1.29 is 14.3 Å². The number of carbonyl (C=O) groups is 1. The molecule has 1 amide bonds. The molecule has 0 spiro atoms. The van der Waals surface area contributed by atoms with Gasteiger partial charge >= 0.3 is 0 Å². The Hall–Kier alpha value is -3.46. The first-order valence-electron chi connectivity index (χ1n) is 8.69. The molecule has 3 rings (SSSR count). The number of rotatable bonds is 8. The van der Waals surface area contributed by atoms with Gasteiger partial charge in [-0.15, -0.1) is 16.6 Å². The SMILES string of the molecule is C#CCOc1c(I)cc(C=NNC(=O)Cn2nnc(-c3ccccc3)n2)cc1OC. The van der Waals surface area contributed by atoms with Gasteiger partial charge in [-0.3, -0.25) is 4.79 Å². The summed E-state index contributed by atoms with van der Waals surface area (Å²) in [6, 6.07) is 12.9. The number of hydrogen-bond donors (Lipinski definition) is 1. The Morgan fingerprint density at radius 1 is 1.37 bits per heavy atom. The number of aromatic nitrogens is 4. The van der Waals surface area contributed by atoms with E-state index in [1.807, 2.05) is 36.4 Å². The summed E-state index contributed by atoms with van der Waals surface area (Å²) in [5.74, 6) is 3.55. The fraction of sp³-hybridized carbons (Fsp3) is 0.150. The highest BCUT2D eigenvalue weighted by molar-refractivity contribution is 14.1. The molecule has 1 heterocycles. The molecule has 30 heavy (non-hydrogen) atoms. The quantitative estimate of drug-likeness (QED) is 0.213. The van der Waals surface area contributed by atoms with Gasteiger partial charge in [0.05, 0.1) is 16.9 Å². The van der Waals surface area contributed by atoms with Crippen LogP contribution in [0.4, 0.5) is 0 Å². The molecule has 0 aliphatic rings. The Morgan fingerprint density at radius 3 is 2.90 bits per heavy atom. The normalized spacial score (nSPS) is 10.6. The summed E-state index contributed by atoms with van der Waals surface area (Å²) in [4.78, 5) is 13.3. The van der Waals surface area contributed by atoms with Crippen LogP contribution in [0.15, 0.2) is 47.6 Å². The average Bonchev–Trinajstić information content (AvgIpc) is 3.21. The zero-order chi connectivity index (χ0) is 21.3. The Balaban J connectivity index is 1.60. The molecule has 0 aliphatic carbocycles. The summed E-state index contributed by atoms with van der Waals surface area (Å²) in [6.45, 7) is 0.0229. The monoisotopic (exact) mass is 516 g/mol. The predicted molar refractivity (Wildman–Crippen MR) is 119 cm³/mol. The van der Waals surface area contributed by atoms with Gasteiger partial charge in [-0.25, -0.2) is 5.43 Å². The third-order valence-corrected chi connectivity index (χ3v) is 4.53. The molecule has 1 N–H and O–H groups in total. The van der Waals surface area contributed by atoms with Crippen molar-refractivity contribution in [1.82, 2.24) is 25.6 Å². The first-order valence-corrected chi connectivity index (χ1v) is 9.77. The largest absolute Gasteiger partial charge is 0.493 e. The van der Waals surface area contributed by atoms with Gasteiger partial charge in [0.25, 0.3) is 5.91 Å². The van der Waals surface area contributed by atoms with E-state index in [1.165, 1.54) is 18.1 Å². The van der Waals surface area contributed by atoms with E-state index >= 15 is 0 Å². The molecule has 0 saturated carbocycles. The average molecular weight is 516 g/mol. The molecular weight excluding hydrogens is 499 g/mol. The summed E-state index contributed by atoms with van der Waals surface area (Å²) < 4.78 is 11.6. The lowest BCUT2D eigenvalue weighted by molar-refractivity contribution is -0.122. The summed E-state index contributed by atoms with van der Waals surface area (Å²) >= 11 is 2.11. The van der Waals surface area contributed by atoms with E-state index in [0.717, 1.165) is 14.7 Å².